The van der Waals surface area contributed by atoms with Crippen LogP contribution in [0, 0.1) is 5.82 Å². The van der Waals surface area contributed by atoms with Crippen LogP contribution in [0.15, 0.2) is 66.9 Å². The van der Waals surface area contributed by atoms with Crippen molar-refractivity contribution in [2.75, 3.05) is 0 Å². The molecule has 0 spiro atoms. The van der Waals surface area contributed by atoms with Crippen LogP contribution in [-0.2, 0) is 13.0 Å². The third-order valence-corrected chi connectivity index (χ3v) is 4.73. The summed E-state index contributed by atoms with van der Waals surface area (Å²) in [6, 6.07) is 17.3. The number of hydrogen-bond donors (Lipinski definition) is 2. The molecule has 0 atom stereocenters. The molecule has 4 rings (SSSR count). The molecule has 1 amide bonds. The summed E-state index contributed by atoms with van der Waals surface area (Å²) in [5.74, 6) is -0.952. The number of aliphatic hydroxyl groups excluding tert-OH is 1. The molecule has 0 aliphatic carbocycles. The third kappa shape index (κ3) is 3.97. The van der Waals surface area contributed by atoms with Gasteiger partial charge in [-0.3, -0.25) is 9.78 Å². The highest BCUT2D eigenvalue weighted by molar-refractivity contribution is 6.00. The Morgan fingerprint density at radius 1 is 1.00 bits per heavy atom. The first kappa shape index (κ1) is 18.7. The van der Waals surface area contributed by atoms with Gasteiger partial charge in [0.25, 0.3) is 5.91 Å². The Hall–Kier alpha value is -3.64. The van der Waals surface area contributed by atoms with E-state index in [1.54, 1.807) is 24.4 Å². The van der Waals surface area contributed by atoms with E-state index >= 15 is 0 Å². The van der Waals surface area contributed by atoms with Gasteiger partial charge in [0, 0.05) is 11.6 Å². The van der Waals surface area contributed by atoms with Crippen molar-refractivity contribution < 1.29 is 14.3 Å². The van der Waals surface area contributed by atoms with Crippen LogP contribution in [-0.4, -0.2) is 21.0 Å². The zero-order valence-electron chi connectivity index (χ0n) is 15.5. The largest absolute Gasteiger partial charge is 0.390 e. The Morgan fingerprint density at radius 3 is 2.48 bits per heavy atom. The fourth-order valence-corrected chi connectivity index (χ4v) is 3.34. The van der Waals surface area contributed by atoms with E-state index in [1.807, 2.05) is 30.3 Å². The summed E-state index contributed by atoms with van der Waals surface area (Å²) < 4.78 is 13.3. The fourth-order valence-electron chi connectivity index (χ4n) is 3.34. The molecule has 6 heteroatoms. The number of pyridine rings is 2. The number of fused-ring (bicyclic) bond motifs is 1. The lowest BCUT2D eigenvalue weighted by molar-refractivity contribution is 0.0996. The van der Waals surface area contributed by atoms with Crippen LogP contribution in [0.4, 0.5) is 4.39 Å². The number of primary amides is 1. The molecule has 2 aromatic heterocycles. The smallest absolute Gasteiger partial charge is 0.267 e. The second-order valence-electron chi connectivity index (χ2n) is 6.77. The van der Waals surface area contributed by atoms with Gasteiger partial charge in [-0.05, 0) is 65.1 Å². The number of halogens is 1. The highest BCUT2D eigenvalue weighted by Gasteiger charge is 2.12. The van der Waals surface area contributed by atoms with E-state index < -0.39 is 5.91 Å². The zero-order chi connectivity index (χ0) is 20.4. The number of hydrogen-bond acceptors (Lipinski definition) is 4. The van der Waals surface area contributed by atoms with Gasteiger partial charge in [0.05, 0.1) is 17.8 Å². The summed E-state index contributed by atoms with van der Waals surface area (Å²) in [6.45, 7) is -0.115. The molecule has 0 bridgehead atoms. The molecule has 2 aromatic carbocycles. The van der Waals surface area contributed by atoms with Crippen LogP contribution in [0.2, 0.25) is 0 Å². The lowest BCUT2D eigenvalue weighted by Gasteiger charge is -2.11. The van der Waals surface area contributed by atoms with Gasteiger partial charge in [-0.1, -0.05) is 24.3 Å². The van der Waals surface area contributed by atoms with E-state index in [9.17, 15) is 14.3 Å². The molecule has 29 heavy (non-hydrogen) atoms. The van der Waals surface area contributed by atoms with Crippen molar-refractivity contribution >= 4 is 16.8 Å². The van der Waals surface area contributed by atoms with Gasteiger partial charge in [-0.2, -0.15) is 0 Å². The number of carbonyl (C=O) groups excluding carboxylic acids is 1. The molecular weight excluding hydrogens is 369 g/mol. The van der Waals surface area contributed by atoms with Crippen LogP contribution in [0.1, 0.15) is 27.3 Å². The molecule has 5 nitrogen and oxygen atoms in total. The second-order valence-corrected chi connectivity index (χ2v) is 6.77. The summed E-state index contributed by atoms with van der Waals surface area (Å²) in [6.07, 6.45) is 2.29. The number of amides is 1. The summed E-state index contributed by atoms with van der Waals surface area (Å²) in [7, 11) is 0. The lowest BCUT2D eigenvalue weighted by Crippen LogP contribution is -2.13. The maximum absolute atomic E-state index is 13.3. The Bertz CT molecular complexity index is 1210. The van der Waals surface area contributed by atoms with E-state index in [-0.39, 0.29) is 18.1 Å². The summed E-state index contributed by atoms with van der Waals surface area (Å²) in [5.41, 5.74) is 10.4. The first-order chi connectivity index (χ1) is 14.0. The summed E-state index contributed by atoms with van der Waals surface area (Å²) in [5, 5.41) is 10.1. The van der Waals surface area contributed by atoms with Gasteiger partial charge in [-0.25, -0.2) is 9.37 Å². The Morgan fingerprint density at radius 2 is 1.76 bits per heavy atom. The number of nitrogens with zero attached hydrogens (tertiary/aromatic N) is 2. The van der Waals surface area contributed by atoms with Crippen molar-refractivity contribution in [3.8, 4) is 11.1 Å². The highest BCUT2D eigenvalue weighted by Crippen LogP contribution is 2.30. The van der Waals surface area contributed by atoms with Crippen molar-refractivity contribution in [2.24, 2.45) is 5.73 Å². The van der Waals surface area contributed by atoms with Crippen molar-refractivity contribution in [1.29, 1.82) is 0 Å². The molecule has 0 saturated heterocycles. The molecule has 0 saturated carbocycles. The van der Waals surface area contributed by atoms with Crippen LogP contribution >= 0.6 is 0 Å². The standard InChI is InChI=1S/C23H18FN3O2/c24-17-4-2-16(3-5-17)20-12-22(23(25)29)27-21-11-14(1-6-19(20)21)9-15-7-8-26-18(10-15)13-28/h1-8,10-12,28H,9,13H2,(H2,25,29). The first-order valence-electron chi connectivity index (χ1n) is 9.07. The normalized spacial score (nSPS) is 11.0. The van der Waals surface area contributed by atoms with Crippen molar-refractivity contribution in [2.45, 2.75) is 13.0 Å². The number of rotatable bonds is 5. The zero-order valence-corrected chi connectivity index (χ0v) is 15.5. The SMILES string of the molecule is NC(=O)c1cc(-c2ccc(F)cc2)c2ccc(Cc3ccnc(CO)c3)cc2n1. The van der Waals surface area contributed by atoms with Crippen LogP contribution in [0.5, 0.6) is 0 Å². The fraction of sp³-hybridized carbons (Fsp3) is 0.0870. The van der Waals surface area contributed by atoms with E-state index in [1.165, 1.54) is 12.1 Å². The van der Waals surface area contributed by atoms with Crippen molar-refractivity contribution in [3.63, 3.8) is 0 Å². The van der Waals surface area contributed by atoms with Gasteiger partial charge in [0.15, 0.2) is 0 Å². The van der Waals surface area contributed by atoms with Gasteiger partial charge in [0.1, 0.15) is 11.5 Å². The predicted octanol–water partition coefficient (Wildman–Crippen LogP) is 3.62. The molecular formula is C23H18FN3O2. The molecule has 2 heterocycles. The van der Waals surface area contributed by atoms with Gasteiger partial charge in [0.2, 0.25) is 0 Å². The lowest BCUT2D eigenvalue weighted by atomic mass is 9.97. The minimum Gasteiger partial charge on any atom is -0.390 e. The average molecular weight is 387 g/mol. The molecule has 0 aliphatic heterocycles. The topological polar surface area (TPSA) is 89.1 Å². The minimum atomic E-state index is -0.623. The number of aromatic nitrogens is 2. The van der Waals surface area contributed by atoms with E-state index in [4.69, 9.17) is 5.73 Å². The number of nitrogens with two attached hydrogens (primary N) is 1. The quantitative estimate of drug-likeness (QED) is 0.547. The van der Waals surface area contributed by atoms with Crippen molar-refractivity contribution in [3.05, 3.63) is 95.2 Å². The molecule has 0 fully saturated rings. The summed E-state index contributed by atoms with van der Waals surface area (Å²) in [4.78, 5) is 20.3. The van der Waals surface area contributed by atoms with Crippen LogP contribution in [0.25, 0.3) is 22.0 Å². The molecule has 3 N–H and O–H groups in total. The van der Waals surface area contributed by atoms with E-state index in [0.717, 1.165) is 27.6 Å². The highest BCUT2D eigenvalue weighted by atomic mass is 19.1. The molecule has 0 aliphatic rings. The van der Waals surface area contributed by atoms with Crippen LogP contribution < -0.4 is 5.73 Å². The van der Waals surface area contributed by atoms with Gasteiger partial charge in [-0.15, -0.1) is 0 Å². The first-order valence-corrected chi connectivity index (χ1v) is 9.07. The van der Waals surface area contributed by atoms with Crippen LogP contribution in [0.3, 0.4) is 0 Å². The van der Waals surface area contributed by atoms with Gasteiger partial charge < -0.3 is 10.8 Å². The van der Waals surface area contributed by atoms with E-state index in [0.29, 0.717) is 17.6 Å². The second kappa shape index (κ2) is 7.77. The van der Waals surface area contributed by atoms with Crippen molar-refractivity contribution in [1.82, 2.24) is 9.97 Å². The number of carbonyl (C=O) groups is 1. The average Bonchev–Trinajstić information content (AvgIpc) is 2.73. The van der Waals surface area contributed by atoms with E-state index in [2.05, 4.69) is 9.97 Å². The number of benzene rings is 2. The molecule has 4 aromatic rings. The minimum absolute atomic E-state index is 0.115. The molecule has 0 radical (unpaired) electrons. The van der Waals surface area contributed by atoms with Gasteiger partial charge >= 0.3 is 0 Å². The maximum atomic E-state index is 13.3. The summed E-state index contributed by atoms with van der Waals surface area (Å²) >= 11 is 0. The molecule has 144 valence electrons. The Balaban J connectivity index is 1.81. The Labute approximate surface area is 166 Å². The predicted molar refractivity (Wildman–Crippen MR) is 109 cm³/mol. The monoisotopic (exact) mass is 387 g/mol. The third-order valence-electron chi connectivity index (χ3n) is 4.73. The Kier molecular flexibility index (Phi) is 5.01. The maximum Gasteiger partial charge on any atom is 0.267 e. The number of aliphatic hydroxyl groups is 1. The molecule has 0 unspecified atom stereocenters.